The molecule has 1 unspecified atom stereocenters. The predicted molar refractivity (Wildman–Crippen MR) is 61.2 cm³/mol. The minimum atomic E-state index is -0.553. The van der Waals surface area contributed by atoms with Crippen molar-refractivity contribution in [1.29, 1.82) is 0 Å². The highest BCUT2D eigenvalue weighted by molar-refractivity contribution is 5.19. The van der Waals surface area contributed by atoms with E-state index in [4.69, 9.17) is 5.73 Å². The first-order valence-corrected chi connectivity index (χ1v) is 5.33. The highest BCUT2D eigenvalue weighted by Gasteiger charge is 2.09. The van der Waals surface area contributed by atoms with Crippen LogP contribution in [0.5, 0.6) is 0 Å². The van der Waals surface area contributed by atoms with Crippen LogP contribution in [0.25, 0.3) is 0 Å². The van der Waals surface area contributed by atoms with E-state index in [0.29, 0.717) is 12.0 Å². The molecule has 0 bridgehead atoms. The van der Waals surface area contributed by atoms with Crippen LogP contribution >= 0.6 is 0 Å². The Balaban J connectivity index is 2.52. The van der Waals surface area contributed by atoms with Crippen molar-refractivity contribution in [2.24, 2.45) is 5.73 Å². The van der Waals surface area contributed by atoms with Crippen molar-refractivity contribution < 1.29 is 8.78 Å². The molecule has 4 heteroatoms. The predicted octanol–water partition coefficient (Wildman–Crippen LogP) is 1.79. The molecule has 1 atom stereocenters. The smallest absolute Gasteiger partial charge is 0.129 e. The molecule has 0 radical (unpaired) electrons. The van der Waals surface area contributed by atoms with Gasteiger partial charge >= 0.3 is 0 Å². The summed E-state index contributed by atoms with van der Waals surface area (Å²) in [6.45, 7) is 0.865. The van der Waals surface area contributed by atoms with Gasteiger partial charge in [-0.05, 0) is 45.1 Å². The molecule has 0 aliphatic carbocycles. The lowest BCUT2D eigenvalue weighted by Gasteiger charge is -2.15. The molecule has 0 heterocycles. The summed E-state index contributed by atoms with van der Waals surface area (Å²) in [7, 11) is 3.93. The lowest BCUT2D eigenvalue weighted by molar-refractivity contribution is 0.378. The zero-order chi connectivity index (χ0) is 12.1. The van der Waals surface area contributed by atoms with E-state index >= 15 is 0 Å². The van der Waals surface area contributed by atoms with Crippen molar-refractivity contribution in [3.63, 3.8) is 0 Å². The van der Waals surface area contributed by atoms with E-state index in [0.717, 1.165) is 19.0 Å². The number of benzene rings is 1. The molecule has 0 amide bonds. The second-order valence-corrected chi connectivity index (χ2v) is 4.29. The van der Waals surface area contributed by atoms with E-state index < -0.39 is 11.6 Å². The summed E-state index contributed by atoms with van der Waals surface area (Å²) >= 11 is 0. The molecule has 1 aromatic rings. The van der Waals surface area contributed by atoms with E-state index in [1.54, 1.807) is 0 Å². The first-order valence-electron chi connectivity index (χ1n) is 5.33. The second-order valence-electron chi connectivity index (χ2n) is 4.29. The Labute approximate surface area is 95.1 Å². The van der Waals surface area contributed by atoms with Gasteiger partial charge in [-0.3, -0.25) is 0 Å². The Bertz CT molecular complexity index is 340. The first-order chi connectivity index (χ1) is 7.49. The Kier molecular flexibility index (Phi) is 4.83. The molecule has 0 saturated heterocycles. The van der Waals surface area contributed by atoms with E-state index in [1.807, 2.05) is 19.0 Å². The number of nitrogens with zero attached hydrogens (tertiary/aromatic N) is 1. The fourth-order valence-electron chi connectivity index (χ4n) is 1.50. The van der Waals surface area contributed by atoms with Gasteiger partial charge in [0.25, 0.3) is 0 Å². The summed E-state index contributed by atoms with van der Waals surface area (Å²) in [4.78, 5) is 2.03. The van der Waals surface area contributed by atoms with Crippen LogP contribution < -0.4 is 5.73 Å². The van der Waals surface area contributed by atoms with E-state index in [9.17, 15) is 8.78 Å². The molecule has 2 nitrogen and oxygen atoms in total. The zero-order valence-electron chi connectivity index (χ0n) is 9.71. The molecule has 0 saturated carbocycles. The summed E-state index contributed by atoms with van der Waals surface area (Å²) in [5.41, 5.74) is 6.35. The van der Waals surface area contributed by atoms with Gasteiger partial charge < -0.3 is 10.6 Å². The molecule has 2 N–H and O–H groups in total. The van der Waals surface area contributed by atoms with E-state index in [-0.39, 0.29) is 6.04 Å². The highest BCUT2D eigenvalue weighted by Crippen LogP contribution is 2.12. The van der Waals surface area contributed by atoms with Crippen molar-refractivity contribution in [3.05, 3.63) is 35.4 Å². The third-order valence-corrected chi connectivity index (χ3v) is 2.44. The van der Waals surface area contributed by atoms with Crippen LogP contribution in [0.1, 0.15) is 12.0 Å². The van der Waals surface area contributed by atoms with Crippen molar-refractivity contribution in [3.8, 4) is 0 Å². The molecule has 0 aliphatic rings. The average molecular weight is 228 g/mol. The Hall–Kier alpha value is -1.00. The summed E-state index contributed by atoms with van der Waals surface area (Å²) in [5, 5.41) is 0. The largest absolute Gasteiger partial charge is 0.327 e. The second kappa shape index (κ2) is 5.92. The maximum absolute atomic E-state index is 13.3. The van der Waals surface area contributed by atoms with Crippen LogP contribution in [0.4, 0.5) is 8.78 Å². The number of nitrogens with two attached hydrogens (primary N) is 1. The molecule has 1 aromatic carbocycles. The van der Waals surface area contributed by atoms with Crippen LogP contribution in [0.15, 0.2) is 18.2 Å². The van der Waals surface area contributed by atoms with Crippen LogP contribution in [-0.2, 0) is 6.42 Å². The third-order valence-electron chi connectivity index (χ3n) is 2.44. The average Bonchev–Trinajstić information content (AvgIpc) is 2.19. The molecule has 0 spiro atoms. The lowest BCUT2D eigenvalue weighted by atomic mass is 10.0. The molecule has 1 rings (SSSR count). The summed E-state index contributed by atoms with van der Waals surface area (Å²) in [6, 6.07) is 3.52. The van der Waals surface area contributed by atoms with E-state index in [1.165, 1.54) is 12.1 Å². The van der Waals surface area contributed by atoms with Gasteiger partial charge in [0, 0.05) is 12.1 Å². The van der Waals surface area contributed by atoms with Crippen LogP contribution in [0, 0.1) is 11.6 Å². The molecular weight excluding hydrogens is 210 g/mol. The molecule has 16 heavy (non-hydrogen) atoms. The SMILES string of the molecule is CN(C)CCC(N)Cc1ccc(F)cc1F. The highest BCUT2D eigenvalue weighted by atomic mass is 19.1. The molecule has 0 fully saturated rings. The fraction of sp³-hybridized carbons (Fsp3) is 0.500. The van der Waals surface area contributed by atoms with Crippen molar-refractivity contribution in [1.82, 2.24) is 4.90 Å². The normalized spacial score (nSPS) is 13.1. The number of hydrogen-bond donors (Lipinski definition) is 1. The van der Waals surface area contributed by atoms with Gasteiger partial charge in [0.2, 0.25) is 0 Å². The minimum Gasteiger partial charge on any atom is -0.327 e. The van der Waals surface area contributed by atoms with Gasteiger partial charge in [-0.1, -0.05) is 6.07 Å². The first kappa shape index (κ1) is 13.1. The summed E-state index contributed by atoms with van der Waals surface area (Å²) < 4.78 is 26.0. The molecule has 0 aromatic heterocycles. The monoisotopic (exact) mass is 228 g/mol. The van der Waals surface area contributed by atoms with Gasteiger partial charge in [0.15, 0.2) is 0 Å². The van der Waals surface area contributed by atoms with Crippen molar-refractivity contribution in [2.45, 2.75) is 18.9 Å². The van der Waals surface area contributed by atoms with Gasteiger partial charge in [-0.25, -0.2) is 8.78 Å². The Morgan fingerprint density at radius 1 is 1.31 bits per heavy atom. The maximum Gasteiger partial charge on any atom is 0.129 e. The van der Waals surface area contributed by atoms with Crippen molar-refractivity contribution in [2.75, 3.05) is 20.6 Å². The zero-order valence-corrected chi connectivity index (χ0v) is 9.71. The fourth-order valence-corrected chi connectivity index (χ4v) is 1.50. The Morgan fingerprint density at radius 2 is 2.00 bits per heavy atom. The van der Waals surface area contributed by atoms with Crippen LogP contribution in [-0.4, -0.2) is 31.6 Å². The van der Waals surface area contributed by atoms with Gasteiger partial charge in [0.1, 0.15) is 11.6 Å². The lowest BCUT2D eigenvalue weighted by Crippen LogP contribution is -2.28. The number of hydrogen-bond acceptors (Lipinski definition) is 2. The summed E-state index contributed by atoms with van der Waals surface area (Å²) in [5.74, 6) is -1.07. The van der Waals surface area contributed by atoms with Crippen LogP contribution in [0.3, 0.4) is 0 Å². The van der Waals surface area contributed by atoms with E-state index in [2.05, 4.69) is 0 Å². The Morgan fingerprint density at radius 3 is 2.56 bits per heavy atom. The van der Waals surface area contributed by atoms with Crippen LogP contribution in [0.2, 0.25) is 0 Å². The molecule has 90 valence electrons. The third kappa shape index (κ3) is 4.24. The number of rotatable bonds is 5. The van der Waals surface area contributed by atoms with Gasteiger partial charge in [-0.15, -0.1) is 0 Å². The van der Waals surface area contributed by atoms with Gasteiger partial charge in [0.05, 0.1) is 0 Å². The topological polar surface area (TPSA) is 29.3 Å². The number of halogens is 2. The molecular formula is C12H18F2N2. The quantitative estimate of drug-likeness (QED) is 0.832. The standard InChI is InChI=1S/C12H18F2N2/c1-16(2)6-5-11(15)7-9-3-4-10(13)8-12(9)14/h3-4,8,11H,5-7,15H2,1-2H3. The van der Waals surface area contributed by atoms with Gasteiger partial charge in [-0.2, -0.15) is 0 Å². The minimum absolute atomic E-state index is 0.0950. The molecule has 0 aliphatic heterocycles. The maximum atomic E-state index is 13.3. The van der Waals surface area contributed by atoms with Crippen molar-refractivity contribution >= 4 is 0 Å². The summed E-state index contributed by atoms with van der Waals surface area (Å²) in [6.07, 6.45) is 1.24.